The van der Waals surface area contributed by atoms with Gasteiger partial charge in [0, 0.05) is 30.1 Å². The lowest BCUT2D eigenvalue weighted by molar-refractivity contribution is -0.157. The Hall–Kier alpha value is -3.48. The van der Waals surface area contributed by atoms with Gasteiger partial charge in [0.05, 0.1) is 24.9 Å². The molecule has 6 rings (SSSR count). The molecule has 2 aromatic carbocycles. The third-order valence-corrected chi connectivity index (χ3v) is 5.30. The highest BCUT2D eigenvalue weighted by Crippen LogP contribution is 2.44. The third kappa shape index (κ3) is 2.24. The molecule has 0 spiro atoms. The standard InChI is InChI=1S/C22H19N3O4/c1-24-10-19(26)25-16(22(24)27)9-14-13-4-2-3-5-15(13)23-20(14)21(25)12-6-7-17-18(8-12)29-11-28-17/h2-8,16,21,23H,9-11H2,1H3/t16-,21?/m1/s1/i2D,3D,4D,5D,6D,7D,8D,10D2,11D2. The van der Waals surface area contributed by atoms with Gasteiger partial charge in [-0.1, -0.05) is 24.2 Å². The number of benzene rings is 2. The van der Waals surface area contributed by atoms with Crippen LogP contribution < -0.4 is 9.47 Å². The summed E-state index contributed by atoms with van der Waals surface area (Å²) in [4.78, 5) is 31.5. The first-order valence-corrected chi connectivity index (χ1v) is 8.74. The van der Waals surface area contributed by atoms with Crippen molar-refractivity contribution < 1.29 is 34.1 Å². The van der Waals surface area contributed by atoms with E-state index in [-0.39, 0.29) is 28.6 Å². The first-order valence-electron chi connectivity index (χ1n) is 14.2. The molecule has 2 amide bonds. The van der Waals surface area contributed by atoms with Crippen molar-refractivity contribution in [3.63, 3.8) is 0 Å². The van der Waals surface area contributed by atoms with Crippen molar-refractivity contribution in [1.82, 2.24) is 14.8 Å². The van der Waals surface area contributed by atoms with Crippen LogP contribution in [0.3, 0.4) is 0 Å². The molecule has 0 saturated carbocycles. The minimum Gasteiger partial charge on any atom is -0.454 e. The van der Waals surface area contributed by atoms with Crippen LogP contribution in [-0.2, 0) is 16.0 Å². The number of aromatic nitrogens is 1. The molecule has 1 aromatic heterocycles. The Morgan fingerprint density at radius 3 is 2.90 bits per heavy atom. The Labute approximate surface area is 182 Å². The molecule has 0 aliphatic carbocycles. The van der Waals surface area contributed by atoms with Gasteiger partial charge in [0.25, 0.3) is 0 Å². The number of hydrogen-bond donors (Lipinski definition) is 1. The van der Waals surface area contributed by atoms with Crippen molar-refractivity contribution in [3.05, 3.63) is 59.1 Å². The quantitative estimate of drug-likeness (QED) is 0.680. The number of carbonyl (C=O) groups is 2. The van der Waals surface area contributed by atoms with Crippen LogP contribution in [0.15, 0.2) is 42.3 Å². The van der Waals surface area contributed by atoms with E-state index < -0.39 is 96.5 Å². The smallest absolute Gasteiger partial charge is 0.245 e. The van der Waals surface area contributed by atoms with Crippen LogP contribution in [0.4, 0.5) is 0 Å². The van der Waals surface area contributed by atoms with Crippen LogP contribution in [0, 0.1) is 0 Å². The second-order valence-electron chi connectivity index (χ2n) is 6.85. The van der Waals surface area contributed by atoms with Crippen molar-refractivity contribution in [2.75, 3.05) is 20.3 Å². The summed E-state index contributed by atoms with van der Waals surface area (Å²) in [6.07, 6.45) is -0.263. The van der Waals surface area contributed by atoms with Gasteiger partial charge in [0.2, 0.25) is 18.6 Å². The highest BCUT2D eigenvalue weighted by Gasteiger charge is 2.47. The molecule has 0 bridgehead atoms. The Bertz CT molecular complexity index is 1710. The maximum Gasteiger partial charge on any atom is 0.245 e. The molecule has 7 heteroatoms. The Morgan fingerprint density at radius 2 is 2.00 bits per heavy atom. The molecule has 146 valence electrons. The average molecular weight is 400 g/mol. The van der Waals surface area contributed by atoms with Crippen LogP contribution in [-0.4, -0.2) is 52.9 Å². The summed E-state index contributed by atoms with van der Waals surface area (Å²) >= 11 is 0. The number of rotatable bonds is 1. The predicted molar refractivity (Wildman–Crippen MR) is 105 cm³/mol. The van der Waals surface area contributed by atoms with Crippen molar-refractivity contribution in [1.29, 1.82) is 0 Å². The summed E-state index contributed by atoms with van der Waals surface area (Å²) in [5.41, 5.74) is -0.260. The van der Waals surface area contributed by atoms with Crippen LogP contribution in [0.5, 0.6) is 11.5 Å². The van der Waals surface area contributed by atoms with E-state index in [9.17, 15) is 9.59 Å². The summed E-state index contributed by atoms with van der Waals surface area (Å²) in [5.74, 6) is -3.05. The number of hydrogen-bond acceptors (Lipinski definition) is 4. The number of aromatic amines is 1. The van der Waals surface area contributed by atoms with E-state index in [4.69, 9.17) is 24.6 Å². The SMILES string of the molecule is [2H]c1c([2H])c(C2c3[nH]c4c([2H])c([2H])c([2H])c([2H])c4c3C[C@@H]3C(=O)N(C)C([2H])([2H])C(=O)N23)c([2H])c2c1OC([2H])([2H])O2. The highest BCUT2D eigenvalue weighted by molar-refractivity contribution is 5.97. The molecule has 0 radical (unpaired) electrons. The number of nitrogens with zero attached hydrogens (tertiary/aromatic N) is 2. The molecule has 3 aromatic rings. The van der Waals surface area contributed by atoms with Crippen LogP contribution in [0.25, 0.3) is 10.9 Å². The van der Waals surface area contributed by atoms with Crippen LogP contribution in [0.1, 0.15) is 37.9 Å². The van der Waals surface area contributed by atoms with Gasteiger partial charge in [-0.2, -0.15) is 0 Å². The zero-order valence-electron chi connectivity index (χ0n) is 25.9. The summed E-state index contributed by atoms with van der Waals surface area (Å²) < 4.78 is 101. The third-order valence-electron chi connectivity index (χ3n) is 5.30. The molecule has 1 N–H and O–H groups in total. The molecule has 2 atom stereocenters. The van der Waals surface area contributed by atoms with E-state index in [1.54, 1.807) is 0 Å². The largest absolute Gasteiger partial charge is 0.454 e. The summed E-state index contributed by atoms with van der Waals surface area (Å²) in [7, 11) is 1.11. The Kier molecular flexibility index (Phi) is 1.77. The molecular weight excluding hydrogens is 370 g/mol. The van der Waals surface area contributed by atoms with Gasteiger partial charge >= 0.3 is 0 Å². The minimum absolute atomic E-state index is 0.00280. The fourth-order valence-corrected chi connectivity index (χ4v) is 4.04. The van der Waals surface area contributed by atoms with E-state index in [2.05, 4.69) is 4.98 Å². The number of likely N-dealkylation sites (N-methyl/N-ethyl adjacent to an activating group) is 1. The maximum atomic E-state index is 13.7. The fraction of sp³-hybridized carbons (Fsp3) is 0.273. The number of H-pyrrole nitrogens is 1. The van der Waals surface area contributed by atoms with Crippen molar-refractivity contribution >= 4 is 22.7 Å². The minimum atomic E-state index is -2.83. The summed E-state index contributed by atoms with van der Waals surface area (Å²) in [6, 6.07) is -6.96. The van der Waals surface area contributed by atoms with Gasteiger partial charge in [-0.05, 0) is 29.3 Å². The normalized spacial score (nSPS) is 31.7. The molecule has 3 aliphatic heterocycles. The second-order valence-corrected chi connectivity index (χ2v) is 6.85. The molecule has 7 nitrogen and oxygen atoms in total. The zero-order chi connectivity index (χ0) is 29.4. The fourth-order valence-electron chi connectivity index (χ4n) is 4.04. The van der Waals surface area contributed by atoms with Gasteiger partial charge in [-0.15, -0.1) is 0 Å². The Balaban J connectivity index is 1.73. The number of fused-ring (bicyclic) bond motifs is 5. The van der Waals surface area contributed by atoms with Crippen LogP contribution >= 0.6 is 0 Å². The first-order chi connectivity index (χ1) is 18.5. The maximum absolute atomic E-state index is 13.7. The van der Waals surface area contributed by atoms with Gasteiger partial charge < -0.3 is 24.3 Å². The topological polar surface area (TPSA) is 74.9 Å². The summed E-state index contributed by atoms with van der Waals surface area (Å²) in [6.45, 7) is -5.59. The summed E-state index contributed by atoms with van der Waals surface area (Å²) in [5, 5.41) is 0.0309. The molecule has 1 unspecified atom stereocenters. The molecule has 1 fully saturated rings. The lowest BCUT2D eigenvalue weighted by Gasteiger charge is -2.46. The lowest BCUT2D eigenvalue weighted by Crippen LogP contribution is -2.62. The van der Waals surface area contributed by atoms with Crippen molar-refractivity contribution in [2.45, 2.75) is 18.5 Å². The molecular formula is C22H19N3O4. The van der Waals surface area contributed by atoms with Gasteiger partial charge in [0.15, 0.2) is 11.5 Å². The van der Waals surface area contributed by atoms with E-state index in [1.807, 2.05) is 0 Å². The van der Waals surface area contributed by atoms with E-state index in [0.29, 0.717) is 4.90 Å². The lowest BCUT2D eigenvalue weighted by atomic mass is 9.86. The molecule has 29 heavy (non-hydrogen) atoms. The van der Waals surface area contributed by atoms with E-state index in [1.165, 1.54) is 0 Å². The van der Waals surface area contributed by atoms with Gasteiger partial charge in [-0.3, -0.25) is 9.59 Å². The number of carbonyl (C=O) groups excluding carboxylic acids is 2. The monoisotopic (exact) mass is 400 g/mol. The van der Waals surface area contributed by atoms with E-state index >= 15 is 0 Å². The zero-order valence-corrected chi connectivity index (χ0v) is 14.9. The van der Waals surface area contributed by atoms with Gasteiger partial charge in [0.1, 0.15) is 8.78 Å². The highest BCUT2D eigenvalue weighted by atomic mass is 16.7. The van der Waals surface area contributed by atoms with E-state index in [0.717, 1.165) is 11.9 Å². The number of ether oxygens (including phenoxy) is 2. The second kappa shape index (κ2) is 5.76. The number of amides is 2. The average Bonchev–Trinajstić information content (AvgIpc) is 3.44. The number of nitrogens with one attached hydrogen (secondary N) is 1. The Morgan fingerprint density at radius 1 is 1.17 bits per heavy atom. The number of para-hydroxylation sites is 1. The molecule has 3 aliphatic rings. The predicted octanol–water partition coefficient (Wildman–Crippen LogP) is 2.21. The van der Waals surface area contributed by atoms with Gasteiger partial charge in [-0.25, -0.2) is 0 Å². The molecule has 4 heterocycles. The number of piperazine rings is 1. The first kappa shape index (κ1) is 8.90. The molecule has 1 saturated heterocycles. The van der Waals surface area contributed by atoms with Crippen molar-refractivity contribution in [3.8, 4) is 11.5 Å². The van der Waals surface area contributed by atoms with Crippen molar-refractivity contribution in [2.24, 2.45) is 0 Å². The van der Waals surface area contributed by atoms with Crippen LogP contribution in [0.2, 0.25) is 0 Å².